The molecule has 3 heteroatoms. The molecular weight excluding hydrogens is 288 g/mol. The third-order valence-corrected chi connectivity index (χ3v) is 4.91. The minimum atomic E-state index is 0.679. The third kappa shape index (κ3) is 1.81. The Hall–Kier alpha value is -1.09. The van der Waals surface area contributed by atoms with Crippen molar-refractivity contribution in [3.63, 3.8) is 0 Å². The second-order valence-corrected chi connectivity index (χ2v) is 6.53. The maximum atomic E-state index is 4.58. The quantitative estimate of drug-likeness (QED) is 0.877. The van der Waals surface area contributed by atoms with Gasteiger partial charge < -0.3 is 4.98 Å². The number of rotatable bonds is 2. The van der Waals surface area contributed by atoms with Crippen molar-refractivity contribution in [2.24, 2.45) is 11.8 Å². The van der Waals surface area contributed by atoms with E-state index in [1.165, 1.54) is 30.7 Å². The van der Waals surface area contributed by atoms with Crippen LogP contribution in [-0.2, 0) is 0 Å². The van der Waals surface area contributed by atoms with Gasteiger partial charge in [-0.2, -0.15) is 0 Å². The standard InChI is InChI=1S/C15H15BrN2/c16-13-3-1-9(2-4-13)14-8-17-15(18-14)12-6-10-5-11(10)7-12/h1-4,8,10-12H,5-7H2,(H,17,18). The Bertz CT molecular complexity index is 562. The van der Waals surface area contributed by atoms with Crippen LogP contribution in [0.3, 0.4) is 0 Å². The molecule has 2 atom stereocenters. The second-order valence-electron chi connectivity index (χ2n) is 5.61. The number of aromatic amines is 1. The first-order valence-corrected chi connectivity index (χ1v) is 7.40. The average molecular weight is 303 g/mol. The minimum absolute atomic E-state index is 0.679. The molecule has 2 fully saturated rings. The van der Waals surface area contributed by atoms with E-state index in [1.807, 2.05) is 6.20 Å². The molecule has 18 heavy (non-hydrogen) atoms. The molecule has 1 aromatic carbocycles. The van der Waals surface area contributed by atoms with E-state index in [9.17, 15) is 0 Å². The highest BCUT2D eigenvalue weighted by Gasteiger charge is 2.46. The van der Waals surface area contributed by atoms with Gasteiger partial charge in [0.15, 0.2) is 0 Å². The summed E-state index contributed by atoms with van der Waals surface area (Å²) >= 11 is 3.46. The summed E-state index contributed by atoms with van der Waals surface area (Å²) in [4.78, 5) is 8.09. The first kappa shape index (κ1) is 10.8. The van der Waals surface area contributed by atoms with Gasteiger partial charge in [0.25, 0.3) is 0 Å². The maximum Gasteiger partial charge on any atom is 0.109 e. The van der Waals surface area contributed by atoms with Crippen LogP contribution in [0.4, 0.5) is 0 Å². The summed E-state index contributed by atoms with van der Waals surface area (Å²) in [7, 11) is 0. The molecule has 2 aliphatic rings. The lowest BCUT2D eigenvalue weighted by Crippen LogP contribution is -1.98. The van der Waals surface area contributed by atoms with Gasteiger partial charge in [0.1, 0.15) is 5.82 Å². The zero-order valence-electron chi connectivity index (χ0n) is 10.1. The van der Waals surface area contributed by atoms with Gasteiger partial charge in [0.2, 0.25) is 0 Å². The molecule has 0 aliphatic heterocycles. The molecule has 2 unspecified atom stereocenters. The topological polar surface area (TPSA) is 28.7 Å². The highest BCUT2D eigenvalue weighted by Crippen LogP contribution is 2.57. The predicted octanol–water partition coefficient (Wildman–Crippen LogP) is 4.35. The fourth-order valence-corrected chi connectivity index (χ4v) is 3.52. The highest BCUT2D eigenvalue weighted by atomic mass is 79.9. The van der Waals surface area contributed by atoms with Crippen LogP contribution in [0.2, 0.25) is 0 Å². The van der Waals surface area contributed by atoms with Gasteiger partial charge in [0.05, 0.1) is 11.9 Å². The molecule has 0 radical (unpaired) electrons. The normalized spacial score (nSPS) is 29.3. The number of fused-ring (bicyclic) bond motifs is 1. The number of nitrogens with one attached hydrogen (secondary N) is 1. The average Bonchev–Trinajstić information content (AvgIpc) is 2.83. The fourth-order valence-electron chi connectivity index (χ4n) is 3.26. The van der Waals surface area contributed by atoms with Gasteiger partial charge >= 0.3 is 0 Å². The Kier molecular flexibility index (Phi) is 2.37. The Labute approximate surface area is 115 Å². The summed E-state index contributed by atoms with van der Waals surface area (Å²) in [5, 5.41) is 0. The Morgan fingerprint density at radius 2 is 1.78 bits per heavy atom. The Morgan fingerprint density at radius 3 is 2.50 bits per heavy atom. The third-order valence-electron chi connectivity index (χ3n) is 4.38. The number of benzene rings is 1. The fraction of sp³-hybridized carbons (Fsp3) is 0.400. The van der Waals surface area contributed by atoms with Gasteiger partial charge in [0, 0.05) is 10.4 Å². The van der Waals surface area contributed by atoms with E-state index >= 15 is 0 Å². The summed E-state index contributed by atoms with van der Waals surface area (Å²) < 4.78 is 1.11. The Balaban J connectivity index is 1.59. The van der Waals surface area contributed by atoms with E-state index in [2.05, 4.69) is 50.2 Å². The van der Waals surface area contributed by atoms with Gasteiger partial charge in [-0.25, -0.2) is 4.98 Å². The number of hydrogen-bond acceptors (Lipinski definition) is 1. The summed E-state index contributed by atoms with van der Waals surface area (Å²) in [6, 6.07) is 8.38. The van der Waals surface area contributed by atoms with Crippen molar-refractivity contribution < 1.29 is 0 Å². The molecule has 0 amide bonds. The van der Waals surface area contributed by atoms with E-state index in [-0.39, 0.29) is 0 Å². The molecule has 0 bridgehead atoms. The summed E-state index contributed by atoms with van der Waals surface area (Å²) in [5.41, 5.74) is 2.35. The number of halogens is 1. The van der Waals surface area contributed by atoms with Gasteiger partial charge in [-0.05, 0) is 48.8 Å². The molecule has 0 saturated heterocycles. The molecule has 2 aromatic rings. The number of nitrogens with zero attached hydrogens (tertiary/aromatic N) is 1. The van der Waals surface area contributed by atoms with Crippen LogP contribution >= 0.6 is 15.9 Å². The van der Waals surface area contributed by atoms with E-state index in [0.717, 1.165) is 22.0 Å². The van der Waals surface area contributed by atoms with E-state index in [1.54, 1.807) is 0 Å². The van der Waals surface area contributed by atoms with Gasteiger partial charge in [-0.1, -0.05) is 28.1 Å². The number of imidazole rings is 1. The monoisotopic (exact) mass is 302 g/mol. The molecule has 92 valence electrons. The molecule has 1 N–H and O–H groups in total. The number of hydrogen-bond donors (Lipinski definition) is 1. The van der Waals surface area contributed by atoms with Crippen molar-refractivity contribution in [2.45, 2.75) is 25.2 Å². The Morgan fingerprint density at radius 1 is 1.06 bits per heavy atom. The van der Waals surface area contributed by atoms with Crippen LogP contribution in [0, 0.1) is 11.8 Å². The van der Waals surface area contributed by atoms with Gasteiger partial charge in [-0.15, -0.1) is 0 Å². The number of H-pyrrole nitrogens is 1. The first-order valence-electron chi connectivity index (χ1n) is 6.60. The molecular formula is C15H15BrN2. The zero-order valence-corrected chi connectivity index (χ0v) is 11.7. The van der Waals surface area contributed by atoms with E-state index < -0.39 is 0 Å². The van der Waals surface area contributed by atoms with Crippen LogP contribution in [-0.4, -0.2) is 9.97 Å². The van der Waals surface area contributed by atoms with Crippen LogP contribution < -0.4 is 0 Å². The van der Waals surface area contributed by atoms with Crippen LogP contribution in [0.5, 0.6) is 0 Å². The minimum Gasteiger partial charge on any atom is -0.342 e. The van der Waals surface area contributed by atoms with E-state index in [4.69, 9.17) is 0 Å². The smallest absolute Gasteiger partial charge is 0.109 e. The molecule has 1 heterocycles. The zero-order chi connectivity index (χ0) is 12.1. The predicted molar refractivity (Wildman–Crippen MR) is 75.3 cm³/mol. The van der Waals surface area contributed by atoms with Gasteiger partial charge in [-0.3, -0.25) is 0 Å². The summed E-state index contributed by atoms with van der Waals surface area (Å²) in [5.74, 6) is 3.89. The molecule has 2 saturated carbocycles. The lowest BCUT2D eigenvalue weighted by molar-refractivity contribution is 0.596. The first-order chi connectivity index (χ1) is 8.79. The second kappa shape index (κ2) is 3.95. The van der Waals surface area contributed by atoms with Crippen molar-refractivity contribution in [3.8, 4) is 11.3 Å². The largest absolute Gasteiger partial charge is 0.342 e. The lowest BCUT2D eigenvalue weighted by atomic mass is 10.0. The molecule has 0 spiro atoms. The van der Waals surface area contributed by atoms with Crippen molar-refractivity contribution in [1.29, 1.82) is 0 Å². The molecule has 4 rings (SSSR count). The lowest BCUT2D eigenvalue weighted by Gasteiger charge is -2.07. The summed E-state index contributed by atoms with van der Waals surface area (Å²) in [6.45, 7) is 0. The summed E-state index contributed by atoms with van der Waals surface area (Å²) in [6.07, 6.45) is 6.13. The van der Waals surface area contributed by atoms with Crippen molar-refractivity contribution in [3.05, 3.63) is 40.8 Å². The highest BCUT2D eigenvalue weighted by molar-refractivity contribution is 9.10. The molecule has 1 aromatic heterocycles. The number of aromatic nitrogens is 2. The van der Waals surface area contributed by atoms with Crippen LogP contribution in [0.1, 0.15) is 31.0 Å². The molecule has 2 aliphatic carbocycles. The van der Waals surface area contributed by atoms with Crippen molar-refractivity contribution in [2.75, 3.05) is 0 Å². The maximum absolute atomic E-state index is 4.58. The molecule has 2 nitrogen and oxygen atoms in total. The SMILES string of the molecule is Brc1ccc(-c2cnc(C3CC4CC4C3)[nH]2)cc1. The van der Waals surface area contributed by atoms with Crippen molar-refractivity contribution >= 4 is 15.9 Å². The van der Waals surface area contributed by atoms with E-state index in [0.29, 0.717) is 5.92 Å². The van der Waals surface area contributed by atoms with Crippen LogP contribution in [0.15, 0.2) is 34.9 Å². The van der Waals surface area contributed by atoms with Crippen molar-refractivity contribution in [1.82, 2.24) is 9.97 Å². The van der Waals surface area contributed by atoms with Crippen LogP contribution in [0.25, 0.3) is 11.3 Å².